The summed E-state index contributed by atoms with van der Waals surface area (Å²) < 4.78 is 2.17. The van der Waals surface area contributed by atoms with E-state index in [0.29, 0.717) is 10.7 Å². The van der Waals surface area contributed by atoms with Crippen molar-refractivity contribution in [3.63, 3.8) is 0 Å². The fraction of sp³-hybridized carbons (Fsp3) is 0.250. The van der Waals surface area contributed by atoms with Crippen LogP contribution in [0.4, 0.5) is 5.69 Å². The number of pyridine rings is 1. The van der Waals surface area contributed by atoms with Crippen LogP contribution in [0.3, 0.4) is 0 Å². The molecule has 108 valence electrons. The molecule has 1 aromatic carbocycles. The van der Waals surface area contributed by atoms with Crippen LogP contribution in [0.1, 0.15) is 20.8 Å². The van der Waals surface area contributed by atoms with E-state index in [2.05, 4.69) is 30.3 Å². The van der Waals surface area contributed by atoms with Crippen LogP contribution in [-0.2, 0) is 5.54 Å². The molecule has 0 saturated carbocycles. The van der Waals surface area contributed by atoms with Crippen molar-refractivity contribution in [2.45, 2.75) is 26.3 Å². The Morgan fingerprint density at radius 1 is 1.19 bits per heavy atom. The van der Waals surface area contributed by atoms with Crippen LogP contribution in [-0.4, -0.2) is 14.5 Å². The minimum atomic E-state index is -0.139. The average molecular weight is 301 g/mol. The molecule has 0 amide bonds. The smallest absolute Gasteiger partial charge is 0.143 e. The Labute approximate surface area is 128 Å². The zero-order valence-electron chi connectivity index (χ0n) is 12.3. The molecule has 5 heteroatoms. The second-order valence-electron chi connectivity index (χ2n) is 6.01. The van der Waals surface area contributed by atoms with Crippen molar-refractivity contribution in [3.8, 4) is 11.4 Å². The summed E-state index contributed by atoms with van der Waals surface area (Å²) in [5, 5.41) is 0.540. The fourth-order valence-corrected chi connectivity index (χ4v) is 2.70. The standard InChI is InChI=1S/C16H17ClN4/c1-16(2,3)21-13-7-8-19-9-12(13)20-15(21)10-5-4-6-11(17)14(10)18/h4-9H,18H2,1-3H3. The number of halogens is 1. The number of para-hydroxylation sites is 1. The molecule has 2 heterocycles. The minimum Gasteiger partial charge on any atom is -0.397 e. The number of rotatable bonds is 1. The minimum absolute atomic E-state index is 0.139. The normalized spacial score (nSPS) is 12.0. The number of anilines is 1. The number of nitrogens with two attached hydrogens (primary N) is 1. The van der Waals surface area contributed by atoms with E-state index in [0.717, 1.165) is 22.4 Å². The lowest BCUT2D eigenvalue weighted by atomic mass is 10.1. The predicted molar refractivity (Wildman–Crippen MR) is 87.4 cm³/mol. The van der Waals surface area contributed by atoms with Gasteiger partial charge in [-0.2, -0.15) is 0 Å². The molecule has 4 nitrogen and oxygen atoms in total. The Hall–Kier alpha value is -2.07. The molecule has 0 unspecified atom stereocenters. The van der Waals surface area contributed by atoms with Crippen LogP contribution in [0.25, 0.3) is 22.4 Å². The Morgan fingerprint density at radius 3 is 2.67 bits per heavy atom. The van der Waals surface area contributed by atoms with Gasteiger partial charge >= 0.3 is 0 Å². The molecular weight excluding hydrogens is 284 g/mol. The quantitative estimate of drug-likeness (QED) is 0.689. The molecule has 0 bridgehead atoms. The van der Waals surface area contributed by atoms with Crippen molar-refractivity contribution in [2.75, 3.05) is 5.73 Å². The molecule has 0 atom stereocenters. The zero-order chi connectivity index (χ0) is 15.2. The van der Waals surface area contributed by atoms with E-state index in [9.17, 15) is 0 Å². The van der Waals surface area contributed by atoms with Crippen LogP contribution >= 0.6 is 11.6 Å². The van der Waals surface area contributed by atoms with Gasteiger partial charge in [0, 0.05) is 17.3 Å². The van der Waals surface area contributed by atoms with Crippen LogP contribution in [0.15, 0.2) is 36.7 Å². The number of aromatic nitrogens is 3. The van der Waals surface area contributed by atoms with E-state index in [1.54, 1.807) is 18.5 Å². The molecule has 21 heavy (non-hydrogen) atoms. The topological polar surface area (TPSA) is 56.7 Å². The highest BCUT2D eigenvalue weighted by atomic mass is 35.5. The molecule has 0 aliphatic heterocycles. The third-order valence-electron chi connectivity index (χ3n) is 3.42. The van der Waals surface area contributed by atoms with E-state index in [1.165, 1.54) is 0 Å². The number of nitrogen functional groups attached to an aromatic ring is 1. The maximum absolute atomic E-state index is 6.15. The lowest BCUT2D eigenvalue weighted by Crippen LogP contribution is -2.22. The first-order valence-corrected chi connectivity index (χ1v) is 7.14. The Bertz CT molecular complexity index is 815. The molecular formula is C16H17ClN4. The third kappa shape index (κ3) is 2.25. The van der Waals surface area contributed by atoms with Gasteiger partial charge < -0.3 is 10.3 Å². The first-order valence-electron chi connectivity index (χ1n) is 6.77. The van der Waals surface area contributed by atoms with Crippen molar-refractivity contribution in [3.05, 3.63) is 41.7 Å². The molecule has 0 aliphatic rings. The van der Waals surface area contributed by atoms with Gasteiger partial charge in [0.25, 0.3) is 0 Å². The molecule has 0 aliphatic carbocycles. The van der Waals surface area contributed by atoms with E-state index in [4.69, 9.17) is 22.3 Å². The maximum atomic E-state index is 6.15. The highest BCUT2D eigenvalue weighted by Crippen LogP contribution is 2.35. The van der Waals surface area contributed by atoms with Gasteiger partial charge in [-0.3, -0.25) is 4.98 Å². The molecule has 0 spiro atoms. The van der Waals surface area contributed by atoms with Crippen LogP contribution in [0.5, 0.6) is 0 Å². The fourth-order valence-electron chi connectivity index (χ4n) is 2.52. The summed E-state index contributed by atoms with van der Waals surface area (Å²) in [5.74, 6) is 0.811. The second kappa shape index (κ2) is 4.74. The monoisotopic (exact) mass is 300 g/mol. The number of hydrogen-bond donors (Lipinski definition) is 1. The van der Waals surface area contributed by atoms with Gasteiger partial charge in [-0.15, -0.1) is 0 Å². The summed E-state index contributed by atoms with van der Waals surface area (Å²) in [6, 6.07) is 7.58. The number of nitrogens with zero attached hydrogens (tertiary/aromatic N) is 3. The molecule has 3 rings (SSSR count). The van der Waals surface area contributed by atoms with Gasteiger partial charge in [0.05, 0.1) is 22.4 Å². The highest BCUT2D eigenvalue weighted by Gasteiger charge is 2.23. The molecule has 3 aromatic rings. The van der Waals surface area contributed by atoms with Crippen molar-refractivity contribution < 1.29 is 0 Å². The summed E-state index contributed by atoms with van der Waals surface area (Å²) in [7, 11) is 0. The van der Waals surface area contributed by atoms with Gasteiger partial charge in [-0.05, 0) is 39.0 Å². The largest absolute Gasteiger partial charge is 0.397 e. The van der Waals surface area contributed by atoms with E-state index >= 15 is 0 Å². The van der Waals surface area contributed by atoms with E-state index in [-0.39, 0.29) is 5.54 Å². The van der Waals surface area contributed by atoms with Crippen molar-refractivity contribution in [2.24, 2.45) is 0 Å². The molecule has 2 N–H and O–H groups in total. The maximum Gasteiger partial charge on any atom is 0.143 e. The molecule has 0 radical (unpaired) electrons. The highest BCUT2D eigenvalue weighted by molar-refractivity contribution is 6.33. The Morgan fingerprint density at radius 2 is 1.95 bits per heavy atom. The van der Waals surface area contributed by atoms with Crippen LogP contribution < -0.4 is 5.73 Å². The van der Waals surface area contributed by atoms with Gasteiger partial charge in [0.15, 0.2) is 0 Å². The average Bonchev–Trinajstić information content (AvgIpc) is 2.80. The first-order chi connectivity index (χ1) is 9.89. The number of hydrogen-bond acceptors (Lipinski definition) is 3. The third-order valence-corrected chi connectivity index (χ3v) is 3.75. The summed E-state index contributed by atoms with van der Waals surface area (Å²) in [6.07, 6.45) is 3.54. The number of imidazole rings is 1. The zero-order valence-corrected chi connectivity index (χ0v) is 13.0. The van der Waals surface area contributed by atoms with E-state index in [1.807, 2.05) is 18.2 Å². The lowest BCUT2D eigenvalue weighted by Gasteiger charge is -2.25. The molecule has 2 aromatic heterocycles. The van der Waals surface area contributed by atoms with Crippen molar-refractivity contribution in [1.82, 2.24) is 14.5 Å². The van der Waals surface area contributed by atoms with E-state index < -0.39 is 0 Å². The van der Waals surface area contributed by atoms with Crippen LogP contribution in [0.2, 0.25) is 5.02 Å². The summed E-state index contributed by atoms with van der Waals surface area (Å²) in [4.78, 5) is 8.86. The van der Waals surface area contributed by atoms with Crippen LogP contribution in [0, 0.1) is 0 Å². The summed E-state index contributed by atoms with van der Waals surface area (Å²) in [5.41, 5.74) is 9.28. The van der Waals surface area contributed by atoms with Crippen molar-refractivity contribution >= 4 is 28.3 Å². The lowest BCUT2D eigenvalue weighted by molar-refractivity contribution is 0.413. The predicted octanol–water partition coefficient (Wildman–Crippen LogP) is 4.09. The molecule has 0 fully saturated rings. The van der Waals surface area contributed by atoms with Gasteiger partial charge in [-0.25, -0.2) is 4.98 Å². The summed E-state index contributed by atoms with van der Waals surface area (Å²) >= 11 is 6.15. The summed E-state index contributed by atoms with van der Waals surface area (Å²) in [6.45, 7) is 6.41. The molecule has 0 saturated heterocycles. The number of benzene rings is 1. The number of fused-ring (bicyclic) bond motifs is 1. The van der Waals surface area contributed by atoms with Gasteiger partial charge in [0.2, 0.25) is 0 Å². The Kier molecular flexibility index (Phi) is 3.14. The second-order valence-corrected chi connectivity index (χ2v) is 6.41. The van der Waals surface area contributed by atoms with Crippen molar-refractivity contribution in [1.29, 1.82) is 0 Å². The van der Waals surface area contributed by atoms with Gasteiger partial charge in [0.1, 0.15) is 11.3 Å². The van der Waals surface area contributed by atoms with Gasteiger partial charge in [-0.1, -0.05) is 17.7 Å². The Balaban J connectivity index is 2.40. The SMILES string of the molecule is CC(C)(C)n1c(-c2cccc(Cl)c2N)nc2cnccc21. The first kappa shape index (κ1) is 13.9.